The van der Waals surface area contributed by atoms with E-state index in [1.165, 1.54) is 12.2 Å². The molecule has 0 heterocycles. The third kappa shape index (κ3) is 4.90. The molecule has 0 bridgehead atoms. The topological polar surface area (TPSA) is 86.6 Å². The number of aliphatic hydroxyl groups excluding tert-OH is 1. The van der Waals surface area contributed by atoms with Crippen LogP contribution in [-0.4, -0.2) is 34.7 Å². The molecule has 1 aromatic carbocycles. The molecule has 0 unspecified atom stereocenters. The van der Waals surface area contributed by atoms with Crippen molar-refractivity contribution in [3.8, 4) is 0 Å². The third-order valence-electron chi connectivity index (χ3n) is 2.15. The van der Waals surface area contributed by atoms with Crippen molar-refractivity contribution in [2.45, 2.75) is 6.10 Å². The molecular weight excluding hydrogens is 293 g/mol. The van der Waals surface area contributed by atoms with Crippen molar-refractivity contribution in [2.24, 2.45) is 0 Å². The molecule has 0 saturated heterocycles. The van der Waals surface area contributed by atoms with Crippen LogP contribution >= 0.6 is 23.2 Å². The van der Waals surface area contributed by atoms with Crippen LogP contribution in [0.3, 0.4) is 0 Å². The van der Waals surface area contributed by atoms with E-state index in [1.807, 2.05) is 0 Å². The van der Waals surface area contributed by atoms with Crippen LogP contribution in [0.25, 0.3) is 6.08 Å². The molecule has 1 amide bonds. The number of carbonyl (C=O) groups excluding carboxylic acids is 1. The molecule has 0 aromatic heterocycles. The summed E-state index contributed by atoms with van der Waals surface area (Å²) in [4.78, 5) is 21.7. The highest BCUT2D eigenvalue weighted by Crippen LogP contribution is 2.26. The van der Waals surface area contributed by atoms with E-state index in [4.69, 9.17) is 33.4 Å². The highest BCUT2D eigenvalue weighted by Gasteiger charge is 2.13. The number of aliphatic hydroxyl groups is 1. The van der Waals surface area contributed by atoms with E-state index in [-0.39, 0.29) is 6.54 Å². The number of benzene rings is 1. The van der Waals surface area contributed by atoms with Crippen LogP contribution in [0, 0.1) is 0 Å². The zero-order chi connectivity index (χ0) is 14.4. The second kappa shape index (κ2) is 7.13. The summed E-state index contributed by atoms with van der Waals surface area (Å²) in [6, 6.07) is 4.97. The van der Waals surface area contributed by atoms with Crippen LogP contribution in [0.1, 0.15) is 5.56 Å². The van der Waals surface area contributed by atoms with Crippen LogP contribution in [0.4, 0.5) is 0 Å². The molecule has 0 saturated carbocycles. The van der Waals surface area contributed by atoms with Crippen molar-refractivity contribution >= 4 is 41.2 Å². The largest absolute Gasteiger partial charge is 0.479 e. The molecule has 0 aliphatic heterocycles. The Hall–Kier alpha value is -1.56. The maximum Gasteiger partial charge on any atom is 0.334 e. The van der Waals surface area contributed by atoms with Crippen molar-refractivity contribution in [3.63, 3.8) is 0 Å². The van der Waals surface area contributed by atoms with E-state index in [9.17, 15) is 9.59 Å². The van der Waals surface area contributed by atoms with E-state index in [0.29, 0.717) is 15.6 Å². The fourth-order valence-corrected chi connectivity index (χ4v) is 1.53. The first kappa shape index (κ1) is 15.5. The summed E-state index contributed by atoms with van der Waals surface area (Å²) in [7, 11) is 0. The summed E-state index contributed by atoms with van der Waals surface area (Å²) in [5.41, 5.74) is 0.558. The quantitative estimate of drug-likeness (QED) is 0.721. The maximum absolute atomic E-state index is 11.4. The Bertz CT molecular complexity index is 516. The summed E-state index contributed by atoms with van der Waals surface area (Å²) in [5, 5.41) is 20.3. The average molecular weight is 304 g/mol. The molecule has 1 aromatic rings. The Labute approximate surface area is 119 Å². The van der Waals surface area contributed by atoms with Crippen LogP contribution in [0.5, 0.6) is 0 Å². The van der Waals surface area contributed by atoms with Gasteiger partial charge in [0.1, 0.15) is 0 Å². The molecule has 0 fully saturated rings. The molecule has 0 aliphatic carbocycles. The van der Waals surface area contributed by atoms with Gasteiger partial charge in [-0.15, -0.1) is 0 Å². The lowest BCUT2D eigenvalue weighted by Gasteiger charge is -2.05. The summed E-state index contributed by atoms with van der Waals surface area (Å²) >= 11 is 11.7. The van der Waals surface area contributed by atoms with Gasteiger partial charge in [-0.05, 0) is 17.7 Å². The lowest BCUT2D eigenvalue weighted by atomic mass is 10.2. The number of aliphatic carboxylic acids is 1. The maximum atomic E-state index is 11.4. The van der Waals surface area contributed by atoms with E-state index in [1.54, 1.807) is 18.2 Å². The predicted molar refractivity (Wildman–Crippen MR) is 72.1 cm³/mol. The van der Waals surface area contributed by atoms with Gasteiger partial charge in [-0.3, -0.25) is 4.79 Å². The summed E-state index contributed by atoms with van der Waals surface area (Å²) in [6.07, 6.45) is 0.982. The number of rotatable bonds is 5. The standard InChI is InChI=1S/C12H11Cl2NO4/c13-8-3-1-2-7(11(8)14)4-5-10(17)15-6-9(16)12(18)19/h1-5,9,16H,6H2,(H,15,17)(H,18,19)/b5-4+/t9-/m0/s1. The lowest BCUT2D eigenvalue weighted by molar-refractivity contribution is -0.146. The summed E-state index contributed by atoms with van der Waals surface area (Å²) in [6.45, 7) is -0.373. The monoisotopic (exact) mass is 303 g/mol. The minimum Gasteiger partial charge on any atom is -0.479 e. The molecule has 3 N–H and O–H groups in total. The Morgan fingerprint density at radius 1 is 1.37 bits per heavy atom. The van der Waals surface area contributed by atoms with Gasteiger partial charge in [0.2, 0.25) is 5.91 Å². The molecular formula is C12H11Cl2NO4. The highest BCUT2D eigenvalue weighted by atomic mass is 35.5. The number of hydrogen-bond acceptors (Lipinski definition) is 3. The van der Waals surface area contributed by atoms with Gasteiger partial charge in [0.15, 0.2) is 6.10 Å². The number of carboxylic acids is 1. The number of carboxylic acid groups (broad SMARTS) is 1. The molecule has 0 aliphatic rings. The SMILES string of the molecule is O=C(/C=C/c1cccc(Cl)c1Cl)NC[C@H](O)C(=O)O. The Morgan fingerprint density at radius 2 is 2.05 bits per heavy atom. The van der Waals surface area contributed by atoms with Gasteiger partial charge in [-0.1, -0.05) is 35.3 Å². The van der Waals surface area contributed by atoms with Crippen molar-refractivity contribution < 1.29 is 19.8 Å². The fourth-order valence-electron chi connectivity index (χ4n) is 1.16. The Morgan fingerprint density at radius 3 is 2.68 bits per heavy atom. The Kier molecular flexibility index (Phi) is 5.82. The molecule has 1 atom stereocenters. The van der Waals surface area contributed by atoms with Gasteiger partial charge in [-0.2, -0.15) is 0 Å². The zero-order valence-corrected chi connectivity index (χ0v) is 11.1. The number of carbonyl (C=O) groups is 2. The molecule has 5 nitrogen and oxygen atoms in total. The highest BCUT2D eigenvalue weighted by molar-refractivity contribution is 6.42. The molecule has 19 heavy (non-hydrogen) atoms. The lowest BCUT2D eigenvalue weighted by Crippen LogP contribution is -2.35. The van der Waals surface area contributed by atoms with Gasteiger partial charge >= 0.3 is 5.97 Å². The normalized spacial score (nSPS) is 12.4. The van der Waals surface area contributed by atoms with Crippen LogP contribution in [-0.2, 0) is 9.59 Å². The summed E-state index contributed by atoms with van der Waals surface area (Å²) in [5.74, 6) is -1.95. The summed E-state index contributed by atoms with van der Waals surface area (Å²) < 4.78 is 0. The fraction of sp³-hybridized carbons (Fsp3) is 0.167. The van der Waals surface area contributed by atoms with E-state index in [2.05, 4.69) is 5.32 Å². The molecule has 0 spiro atoms. The first-order valence-corrected chi connectivity index (χ1v) is 5.98. The molecule has 0 radical (unpaired) electrons. The van der Waals surface area contributed by atoms with Crippen LogP contribution < -0.4 is 5.32 Å². The first-order chi connectivity index (χ1) is 8.91. The van der Waals surface area contributed by atoms with Crippen molar-refractivity contribution in [1.82, 2.24) is 5.32 Å². The molecule has 102 valence electrons. The molecule has 7 heteroatoms. The van der Waals surface area contributed by atoms with Crippen LogP contribution in [0.15, 0.2) is 24.3 Å². The van der Waals surface area contributed by atoms with Crippen LogP contribution in [0.2, 0.25) is 10.0 Å². The Balaban J connectivity index is 2.59. The van der Waals surface area contributed by atoms with E-state index < -0.39 is 18.0 Å². The second-order valence-electron chi connectivity index (χ2n) is 3.58. The van der Waals surface area contributed by atoms with E-state index in [0.717, 1.165) is 0 Å². The number of amides is 1. The average Bonchev–Trinajstić information content (AvgIpc) is 2.37. The number of halogens is 2. The van der Waals surface area contributed by atoms with Gasteiger partial charge in [0.25, 0.3) is 0 Å². The minimum atomic E-state index is -1.63. The minimum absolute atomic E-state index is 0.318. The van der Waals surface area contributed by atoms with Gasteiger partial charge in [0.05, 0.1) is 16.6 Å². The van der Waals surface area contributed by atoms with E-state index >= 15 is 0 Å². The predicted octanol–water partition coefficient (Wildman–Crippen LogP) is 1.57. The van der Waals surface area contributed by atoms with Crippen molar-refractivity contribution in [1.29, 1.82) is 0 Å². The third-order valence-corrected chi connectivity index (χ3v) is 2.98. The van der Waals surface area contributed by atoms with Gasteiger partial charge in [-0.25, -0.2) is 4.79 Å². The van der Waals surface area contributed by atoms with Gasteiger partial charge in [0, 0.05) is 6.08 Å². The second-order valence-corrected chi connectivity index (χ2v) is 4.36. The zero-order valence-electron chi connectivity index (χ0n) is 9.64. The first-order valence-electron chi connectivity index (χ1n) is 5.22. The smallest absolute Gasteiger partial charge is 0.334 e. The van der Waals surface area contributed by atoms with Crippen molar-refractivity contribution in [3.05, 3.63) is 39.9 Å². The number of hydrogen-bond donors (Lipinski definition) is 3. The molecule has 1 rings (SSSR count). The number of nitrogens with one attached hydrogen (secondary N) is 1. The van der Waals surface area contributed by atoms with Gasteiger partial charge < -0.3 is 15.5 Å². The van der Waals surface area contributed by atoms with Crippen molar-refractivity contribution in [2.75, 3.05) is 6.54 Å².